The highest BCUT2D eigenvalue weighted by molar-refractivity contribution is 5.45. The number of likely N-dealkylation sites (tertiary alicyclic amines) is 1. The van der Waals surface area contributed by atoms with Crippen LogP contribution in [0.1, 0.15) is 19.2 Å². The van der Waals surface area contributed by atoms with Crippen molar-refractivity contribution >= 4 is 11.6 Å². The van der Waals surface area contributed by atoms with E-state index in [9.17, 15) is 13.2 Å². The molecule has 1 aromatic rings. The van der Waals surface area contributed by atoms with Gasteiger partial charge in [0.2, 0.25) is 5.82 Å². The van der Waals surface area contributed by atoms with Gasteiger partial charge in [0.05, 0.1) is 0 Å². The highest BCUT2D eigenvalue weighted by Crippen LogP contribution is 2.27. The van der Waals surface area contributed by atoms with Crippen molar-refractivity contribution in [3.63, 3.8) is 0 Å². The molecule has 3 N–H and O–H groups in total. The third-order valence-corrected chi connectivity index (χ3v) is 3.39. The maximum Gasteiger partial charge on any atom is 0.451 e. The summed E-state index contributed by atoms with van der Waals surface area (Å²) in [5, 5.41) is 2.93. The zero-order chi connectivity index (χ0) is 14.8. The molecule has 2 heterocycles. The first-order chi connectivity index (χ1) is 9.38. The van der Waals surface area contributed by atoms with Crippen LogP contribution >= 0.6 is 0 Å². The molecule has 0 bridgehead atoms. The highest BCUT2D eigenvalue weighted by Gasteiger charge is 2.35. The number of anilines is 2. The fraction of sp³-hybridized carbons (Fsp3) is 0.667. The number of alkyl halides is 3. The molecular formula is C12H18F3N5. The number of halogens is 3. The average molecular weight is 289 g/mol. The van der Waals surface area contributed by atoms with Gasteiger partial charge in [-0.05, 0) is 25.4 Å². The molecule has 5 nitrogen and oxygen atoms in total. The Morgan fingerprint density at radius 3 is 2.80 bits per heavy atom. The first-order valence-electron chi connectivity index (χ1n) is 6.56. The molecule has 2 rings (SSSR count). The van der Waals surface area contributed by atoms with E-state index in [0.29, 0.717) is 12.5 Å². The van der Waals surface area contributed by atoms with E-state index in [0.717, 1.165) is 26.1 Å². The van der Waals surface area contributed by atoms with E-state index in [1.165, 1.54) is 6.07 Å². The fourth-order valence-corrected chi connectivity index (χ4v) is 2.30. The number of nitrogens with one attached hydrogen (secondary N) is 1. The lowest BCUT2D eigenvalue weighted by atomic mass is 10.1. The van der Waals surface area contributed by atoms with E-state index in [1.807, 2.05) is 0 Å². The fourth-order valence-electron chi connectivity index (χ4n) is 2.30. The smallest absolute Gasteiger partial charge is 0.384 e. The first-order valence-corrected chi connectivity index (χ1v) is 6.56. The Bertz CT molecular complexity index is 463. The molecule has 8 heteroatoms. The highest BCUT2D eigenvalue weighted by atomic mass is 19.4. The minimum atomic E-state index is -4.59. The molecule has 0 aliphatic carbocycles. The molecule has 0 saturated carbocycles. The van der Waals surface area contributed by atoms with Crippen LogP contribution in [0.4, 0.5) is 24.8 Å². The Morgan fingerprint density at radius 2 is 2.20 bits per heavy atom. The van der Waals surface area contributed by atoms with E-state index in [1.54, 1.807) is 0 Å². The normalized spacial score (nSPS) is 20.3. The zero-order valence-electron chi connectivity index (χ0n) is 11.2. The Labute approximate surface area is 115 Å². The van der Waals surface area contributed by atoms with Crippen LogP contribution in [0.3, 0.4) is 0 Å². The molecule has 1 aromatic heterocycles. The summed E-state index contributed by atoms with van der Waals surface area (Å²) in [5.41, 5.74) is 5.38. The van der Waals surface area contributed by atoms with Crippen molar-refractivity contribution in [1.82, 2.24) is 14.9 Å². The van der Waals surface area contributed by atoms with Crippen molar-refractivity contribution in [2.24, 2.45) is 5.92 Å². The number of aromatic nitrogens is 2. The molecule has 0 amide bonds. The third kappa shape index (κ3) is 3.72. The zero-order valence-corrected chi connectivity index (χ0v) is 11.2. The topological polar surface area (TPSA) is 67.1 Å². The summed E-state index contributed by atoms with van der Waals surface area (Å²) in [6.07, 6.45) is -3.55. The van der Waals surface area contributed by atoms with E-state index in [2.05, 4.69) is 27.1 Å². The van der Waals surface area contributed by atoms with Crippen LogP contribution in [0.5, 0.6) is 0 Å². The van der Waals surface area contributed by atoms with Crippen LogP contribution in [0.15, 0.2) is 6.07 Å². The maximum atomic E-state index is 12.6. The van der Waals surface area contributed by atoms with E-state index < -0.39 is 12.0 Å². The Balaban J connectivity index is 1.98. The van der Waals surface area contributed by atoms with Crippen LogP contribution in [0, 0.1) is 5.92 Å². The number of hydrogen-bond donors (Lipinski definition) is 2. The van der Waals surface area contributed by atoms with Gasteiger partial charge in [0.1, 0.15) is 11.6 Å². The van der Waals surface area contributed by atoms with Gasteiger partial charge in [-0.15, -0.1) is 0 Å². The van der Waals surface area contributed by atoms with Crippen molar-refractivity contribution in [3.05, 3.63) is 11.9 Å². The number of hydrogen-bond acceptors (Lipinski definition) is 5. The van der Waals surface area contributed by atoms with Gasteiger partial charge in [0.25, 0.3) is 0 Å². The molecule has 1 saturated heterocycles. The van der Waals surface area contributed by atoms with Gasteiger partial charge < -0.3 is 16.0 Å². The molecule has 112 valence electrons. The van der Waals surface area contributed by atoms with Gasteiger partial charge in [-0.3, -0.25) is 0 Å². The summed E-state index contributed by atoms with van der Waals surface area (Å²) in [6.45, 7) is 5.66. The molecule has 1 fully saturated rings. The van der Waals surface area contributed by atoms with Gasteiger partial charge in [-0.2, -0.15) is 13.2 Å². The second-order valence-electron chi connectivity index (χ2n) is 4.93. The van der Waals surface area contributed by atoms with Crippen molar-refractivity contribution in [1.29, 1.82) is 0 Å². The molecule has 20 heavy (non-hydrogen) atoms. The van der Waals surface area contributed by atoms with Crippen molar-refractivity contribution in [3.8, 4) is 0 Å². The van der Waals surface area contributed by atoms with Crippen LogP contribution in [0.2, 0.25) is 0 Å². The minimum Gasteiger partial charge on any atom is -0.384 e. The van der Waals surface area contributed by atoms with E-state index in [-0.39, 0.29) is 11.6 Å². The van der Waals surface area contributed by atoms with Crippen LogP contribution < -0.4 is 11.1 Å². The molecule has 1 aliphatic heterocycles. The van der Waals surface area contributed by atoms with E-state index in [4.69, 9.17) is 5.73 Å². The molecule has 1 atom stereocenters. The van der Waals surface area contributed by atoms with Gasteiger partial charge in [0, 0.05) is 19.2 Å². The summed E-state index contributed by atoms with van der Waals surface area (Å²) in [6, 6.07) is 1.32. The third-order valence-electron chi connectivity index (χ3n) is 3.39. The first kappa shape index (κ1) is 14.8. The molecule has 1 aliphatic rings. The monoisotopic (exact) mass is 289 g/mol. The molecule has 1 unspecified atom stereocenters. The lowest BCUT2D eigenvalue weighted by Crippen LogP contribution is -2.23. The standard InChI is InChI=1S/C12H18F3N5/c1-2-20-4-3-8(7-20)6-17-10-5-9(16)18-11(19-10)12(13,14)15/h5,8H,2-4,6-7H2,1H3,(H3,16,17,18,19). The summed E-state index contributed by atoms with van der Waals surface area (Å²) in [7, 11) is 0. The number of rotatable bonds is 4. The summed E-state index contributed by atoms with van der Waals surface area (Å²) >= 11 is 0. The average Bonchev–Trinajstić information content (AvgIpc) is 2.82. The summed E-state index contributed by atoms with van der Waals surface area (Å²) < 4.78 is 37.7. The quantitative estimate of drug-likeness (QED) is 0.885. The number of nitrogens with zero attached hydrogens (tertiary/aromatic N) is 3. The predicted molar refractivity (Wildman–Crippen MR) is 70.2 cm³/mol. The Kier molecular flexibility index (Phi) is 4.32. The number of nitrogens with two attached hydrogens (primary N) is 1. The molecule has 0 aromatic carbocycles. The van der Waals surface area contributed by atoms with Crippen LogP contribution in [-0.4, -0.2) is 41.0 Å². The molecular weight excluding hydrogens is 271 g/mol. The molecule has 0 radical (unpaired) electrons. The largest absolute Gasteiger partial charge is 0.451 e. The van der Waals surface area contributed by atoms with Gasteiger partial charge in [0.15, 0.2) is 0 Å². The van der Waals surface area contributed by atoms with Gasteiger partial charge >= 0.3 is 6.18 Å². The maximum absolute atomic E-state index is 12.6. The minimum absolute atomic E-state index is 0.125. The summed E-state index contributed by atoms with van der Waals surface area (Å²) in [5.74, 6) is -0.849. The Hall–Kier alpha value is -1.57. The van der Waals surface area contributed by atoms with Crippen LogP contribution in [-0.2, 0) is 6.18 Å². The second-order valence-corrected chi connectivity index (χ2v) is 4.93. The second kappa shape index (κ2) is 5.82. The number of nitrogen functional groups attached to an aromatic ring is 1. The van der Waals surface area contributed by atoms with Gasteiger partial charge in [-0.1, -0.05) is 6.92 Å². The van der Waals surface area contributed by atoms with E-state index >= 15 is 0 Å². The van der Waals surface area contributed by atoms with Crippen molar-refractivity contribution < 1.29 is 13.2 Å². The molecule has 0 spiro atoms. The van der Waals surface area contributed by atoms with Gasteiger partial charge in [-0.25, -0.2) is 9.97 Å². The van der Waals surface area contributed by atoms with Crippen molar-refractivity contribution in [2.45, 2.75) is 19.5 Å². The SMILES string of the molecule is CCN1CCC(CNc2cc(N)nc(C(F)(F)F)n2)C1. The van der Waals surface area contributed by atoms with Crippen LogP contribution in [0.25, 0.3) is 0 Å². The lowest BCUT2D eigenvalue weighted by molar-refractivity contribution is -0.144. The lowest BCUT2D eigenvalue weighted by Gasteiger charge is -2.15. The predicted octanol–water partition coefficient (Wildman–Crippen LogP) is 1.83. The summed E-state index contributed by atoms with van der Waals surface area (Å²) in [4.78, 5) is 8.98. The van der Waals surface area contributed by atoms with Crippen molar-refractivity contribution in [2.75, 3.05) is 37.2 Å². The Morgan fingerprint density at radius 1 is 1.45 bits per heavy atom.